The molecule has 2 amide bonds. The molecule has 1 aliphatic heterocycles. The summed E-state index contributed by atoms with van der Waals surface area (Å²) in [4.78, 5) is 34.9. The SMILES string of the molecule is CCOC(=O)N1CC(NC(C)=O)CC(C(=O)O)C1. The molecule has 2 unspecified atom stereocenters. The van der Waals surface area contributed by atoms with E-state index in [9.17, 15) is 14.4 Å². The number of carbonyl (C=O) groups excluding carboxylic acids is 2. The fourth-order valence-electron chi connectivity index (χ4n) is 2.03. The Morgan fingerprint density at radius 2 is 2.06 bits per heavy atom. The molecule has 0 aromatic rings. The summed E-state index contributed by atoms with van der Waals surface area (Å²) in [6, 6.07) is -0.346. The highest BCUT2D eigenvalue weighted by molar-refractivity contribution is 5.75. The second kappa shape index (κ2) is 6.23. The molecule has 7 heteroatoms. The Morgan fingerprint density at radius 1 is 1.39 bits per heavy atom. The third-order valence-corrected chi connectivity index (χ3v) is 2.73. The first-order chi connectivity index (χ1) is 8.43. The van der Waals surface area contributed by atoms with Crippen LogP contribution in [0.4, 0.5) is 4.79 Å². The summed E-state index contributed by atoms with van der Waals surface area (Å²) in [5, 5.41) is 11.7. The summed E-state index contributed by atoms with van der Waals surface area (Å²) in [6.07, 6.45) is -0.219. The lowest BCUT2D eigenvalue weighted by molar-refractivity contribution is -0.144. The molecule has 0 spiro atoms. The molecule has 0 saturated carbocycles. The number of nitrogens with one attached hydrogen (secondary N) is 1. The van der Waals surface area contributed by atoms with Crippen LogP contribution in [0.3, 0.4) is 0 Å². The van der Waals surface area contributed by atoms with Crippen LogP contribution in [0.5, 0.6) is 0 Å². The standard InChI is InChI=1S/C11H18N2O5/c1-3-18-11(17)13-5-8(10(15)16)4-9(6-13)12-7(2)14/h8-9H,3-6H2,1-2H3,(H,12,14)(H,15,16). The Labute approximate surface area is 105 Å². The van der Waals surface area contributed by atoms with E-state index in [0.717, 1.165) is 0 Å². The molecule has 7 nitrogen and oxygen atoms in total. The van der Waals surface area contributed by atoms with Crippen LogP contribution in [-0.2, 0) is 14.3 Å². The molecule has 1 heterocycles. The third kappa shape index (κ3) is 3.90. The van der Waals surface area contributed by atoms with Gasteiger partial charge in [-0.2, -0.15) is 0 Å². The zero-order valence-electron chi connectivity index (χ0n) is 10.5. The van der Waals surface area contributed by atoms with E-state index in [4.69, 9.17) is 9.84 Å². The predicted molar refractivity (Wildman–Crippen MR) is 61.9 cm³/mol. The minimum atomic E-state index is -0.973. The molecule has 1 saturated heterocycles. The molecule has 1 fully saturated rings. The van der Waals surface area contributed by atoms with Crippen molar-refractivity contribution in [2.75, 3.05) is 19.7 Å². The van der Waals surface area contributed by atoms with E-state index in [1.165, 1.54) is 11.8 Å². The van der Waals surface area contributed by atoms with Gasteiger partial charge in [-0.05, 0) is 13.3 Å². The van der Waals surface area contributed by atoms with Gasteiger partial charge >= 0.3 is 12.1 Å². The molecule has 0 aromatic heterocycles. The van der Waals surface area contributed by atoms with Crippen molar-refractivity contribution in [1.82, 2.24) is 10.2 Å². The number of hydrogen-bond acceptors (Lipinski definition) is 4. The Kier molecular flexibility index (Phi) is 4.94. The molecule has 18 heavy (non-hydrogen) atoms. The summed E-state index contributed by atoms with van der Waals surface area (Å²) in [5.74, 6) is -1.89. The average Bonchev–Trinajstić information content (AvgIpc) is 2.27. The lowest BCUT2D eigenvalue weighted by atomic mass is 9.94. The van der Waals surface area contributed by atoms with E-state index in [-0.39, 0.29) is 31.6 Å². The predicted octanol–water partition coefficient (Wildman–Crippen LogP) is 0.0541. The van der Waals surface area contributed by atoms with Crippen molar-refractivity contribution in [2.45, 2.75) is 26.3 Å². The first kappa shape index (κ1) is 14.3. The van der Waals surface area contributed by atoms with Crippen LogP contribution in [-0.4, -0.2) is 53.7 Å². The first-order valence-electron chi connectivity index (χ1n) is 5.85. The maximum absolute atomic E-state index is 11.6. The van der Waals surface area contributed by atoms with Gasteiger partial charge in [-0.15, -0.1) is 0 Å². The Balaban J connectivity index is 2.70. The summed E-state index contributed by atoms with van der Waals surface area (Å²) in [6.45, 7) is 3.67. The lowest BCUT2D eigenvalue weighted by Crippen LogP contribution is -2.53. The van der Waals surface area contributed by atoms with E-state index in [1.54, 1.807) is 6.92 Å². The van der Waals surface area contributed by atoms with E-state index in [2.05, 4.69) is 5.32 Å². The smallest absolute Gasteiger partial charge is 0.409 e. The molecule has 0 aromatic carbocycles. The Hall–Kier alpha value is -1.79. The summed E-state index contributed by atoms with van der Waals surface area (Å²) < 4.78 is 4.84. The van der Waals surface area contributed by atoms with E-state index in [0.29, 0.717) is 6.42 Å². The van der Waals surface area contributed by atoms with Gasteiger partial charge < -0.3 is 20.1 Å². The number of amides is 2. The molecular weight excluding hydrogens is 240 g/mol. The van der Waals surface area contributed by atoms with Gasteiger partial charge in [0.05, 0.1) is 12.5 Å². The van der Waals surface area contributed by atoms with Gasteiger partial charge in [0.25, 0.3) is 0 Å². The number of nitrogens with zero attached hydrogens (tertiary/aromatic N) is 1. The fraction of sp³-hybridized carbons (Fsp3) is 0.727. The zero-order chi connectivity index (χ0) is 13.7. The summed E-state index contributed by atoms with van der Waals surface area (Å²) >= 11 is 0. The number of hydrogen-bond donors (Lipinski definition) is 2. The Morgan fingerprint density at radius 3 is 2.56 bits per heavy atom. The van der Waals surface area contributed by atoms with Crippen molar-refractivity contribution in [3.05, 3.63) is 0 Å². The fourth-order valence-corrected chi connectivity index (χ4v) is 2.03. The normalized spacial score (nSPS) is 23.3. The first-order valence-corrected chi connectivity index (χ1v) is 5.85. The molecule has 102 valence electrons. The molecule has 1 aliphatic rings. The number of ether oxygens (including phenoxy) is 1. The summed E-state index contributed by atoms with van der Waals surface area (Å²) in [7, 11) is 0. The van der Waals surface area contributed by atoms with Crippen molar-refractivity contribution >= 4 is 18.0 Å². The second-order valence-electron chi connectivity index (χ2n) is 4.27. The van der Waals surface area contributed by atoms with Crippen molar-refractivity contribution in [3.8, 4) is 0 Å². The molecule has 2 N–H and O–H groups in total. The van der Waals surface area contributed by atoms with Gasteiger partial charge in [0.1, 0.15) is 0 Å². The number of piperidine rings is 1. The van der Waals surface area contributed by atoms with Gasteiger partial charge in [0, 0.05) is 26.1 Å². The van der Waals surface area contributed by atoms with Crippen molar-refractivity contribution in [2.24, 2.45) is 5.92 Å². The number of carboxylic acids is 1. The van der Waals surface area contributed by atoms with Gasteiger partial charge in [-0.3, -0.25) is 9.59 Å². The van der Waals surface area contributed by atoms with Crippen LogP contribution < -0.4 is 5.32 Å². The van der Waals surface area contributed by atoms with E-state index in [1.807, 2.05) is 0 Å². The quantitative estimate of drug-likeness (QED) is 0.746. The number of carbonyl (C=O) groups is 3. The third-order valence-electron chi connectivity index (χ3n) is 2.73. The summed E-state index contributed by atoms with van der Waals surface area (Å²) in [5.41, 5.74) is 0. The van der Waals surface area contributed by atoms with Crippen molar-refractivity contribution in [3.63, 3.8) is 0 Å². The van der Waals surface area contributed by atoms with Gasteiger partial charge in [-0.1, -0.05) is 0 Å². The van der Waals surface area contributed by atoms with Gasteiger partial charge in [0.2, 0.25) is 5.91 Å². The lowest BCUT2D eigenvalue weighted by Gasteiger charge is -2.35. The topological polar surface area (TPSA) is 95.9 Å². The second-order valence-corrected chi connectivity index (χ2v) is 4.27. The molecule has 2 atom stereocenters. The minimum Gasteiger partial charge on any atom is -0.481 e. The Bertz CT molecular complexity index is 344. The van der Waals surface area contributed by atoms with E-state index >= 15 is 0 Å². The number of carboxylic acid groups (broad SMARTS) is 1. The molecule has 0 bridgehead atoms. The number of rotatable bonds is 3. The largest absolute Gasteiger partial charge is 0.481 e. The van der Waals surface area contributed by atoms with Crippen molar-refractivity contribution < 1.29 is 24.2 Å². The van der Waals surface area contributed by atoms with Crippen molar-refractivity contribution in [1.29, 1.82) is 0 Å². The number of aliphatic carboxylic acids is 1. The zero-order valence-corrected chi connectivity index (χ0v) is 10.5. The van der Waals surface area contributed by atoms with Gasteiger partial charge in [0.15, 0.2) is 0 Å². The molecule has 0 aliphatic carbocycles. The van der Waals surface area contributed by atoms with Crippen LogP contribution in [0.1, 0.15) is 20.3 Å². The highest BCUT2D eigenvalue weighted by Gasteiger charge is 2.34. The molecule has 1 rings (SSSR count). The number of likely N-dealkylation sites (tertiary alicyclic amines) is 1. The highest BCUT2D eigenvalue weighted by atomic mass is 16.6. The maximum Gasteiger partial charge on any atom is 0.409 e. The maximum atomic E-state index is 11.6. The molecular formula is C11H18N2O5. The van der Waals surface area contributed by atoms with E-state index < -0.39 is 18.0 Å². The average molecular weight is 258 g/mol. The monoisotopic (exact) mass is 258 g/mol. The van der Waals surface area contributed by atoms with Crippen LogP contribution in [0.25, 0.3) is 0 Å². The van der Waals surface area contributed by atoms with Gasteiger partial charge in [-0.25, -0.2) is 4.79 Å². The van der Waals surface area contributed by atoms with Crippen LogP contribution in [0, 0.1) is 5.92 Å². The van der Waals surface area contributed by atoms with Crippen LogP contribution >= 0.6 is 0 Å². The minimum absolute atomic E-state index is 0.115. The van der Waals surface area contributed by atoms with Crippen LogP contribution in [0.2, 0.25) is 0 Å². The highest BCUT2D eigenvalue weighted by Crippen LogP contribution is 2.18. The molecule has 0 radical (unpaired) electrons. The van der Waals surface area contributed by atoms with Crippen LogP contribution in [0.15, 0.2) is 0 Å².